The van der Waals surface area contributed by atoms with Crippen molar-refractivity contribution in [1.29, 1.82) is 0 Å². The second-order valence-corrected chi connectivity index (χ2v) is 9.40. The topological polar surface area (TPSA) is 53.5 Å². The van der Waals surface area contributed by atoms with Crippen LogP contribution in [0.1, 0.15) is 17.0 Å². The molecule has 4 heterocycles. The molecule has 0 N–H and O–H groups in total. The standard InChI is InChI=1S/C16H19N3O2S2/c1-23(20,21)19-12-16(15-14(19)5-2-7-17-15)6-8-18(11-16)10-13-4-3-9-22-13/h2-5,7,9H,6,8,10-12H2,1H3/t16-/m0/s1. The highest BCUT2D eigenvalue weighted by Crippen LogP contribution is 2.46. The maximum atomic E-state index is 12.2. The van der Waals surface area contributed by atoms with Crippen LogP contribution in [0, 0.1) is 0 Å². The number of pyridine rings is 1. The third kappa shape index (κ3) is 2.56. The molecule has 122 valence electrons. The van der Waals surface area contributed by atoms with E-state index < -0.39 is 10.0 Å². The molecular weight excluding hydrogens is 330 g/mol. The molecule has 1 saturated heterocycles. The number of sulfonamides is 1. The van der Waals surface area contributed by atoms with Crippen LogP contribution in [-0.2, 0) is 22.0 Å². The molecule has 0 aromatic carbocycles. The van der Waals surface area contributed by atoms with Gasteiger partial charge in [0.1, 0.15) is 0 Å². The van der Waals surface area contributed by atoms with Gasteiger partial charge in [0, 0.05) is 36.1 Å². The van der Waals surface area contributed by atoms with Crippen molar-refractivity contribution in [3.05, 3.63) is 46.4 Å². The zero-order chi connectivity index (χ0) is 16.1. The second kappa shape index (κ2) is 5.29. The fourth-order valence-corrected chi connectivity index (χ4v) is 5.51. The van der Waals surface area contributed by atoms with Crippen molar-refractivity contribution < 1.29 is 8.42 Å². The summed E-state index contributed by atoms with van der Waals surface area (Å²) in [6, 6.07) is 7.91. The van der Waals surface area contributed by atoms with Gasteiger partial charge in [0.25, 0.3) is 0 Å². The first kappa shape index (κ1) is 15.1. The van der Waals surface area contributed by atoms with Gasteiger partial charge in [0.15, 0.2) is 0 Å². The molecule has 2 aliphatic rings. The van der Waals surface area contributed by atoms with Crippen LogP contribution in [-0.4, -0.2) is 44.2 Å². The molecular formula is C16H19N3O2S2. The Balaban J connectivity index is 1.65. The van der Waals surface area contributed by atoms with Crippen LogP contribution in [0.3, 0.4) is 0 Å². The lowest BCUT2D eigenvalue weighted by Gasteiger charge is -2.24. The normalized spacial score (nSPS) is 24.5. The lowest BCUT2D eigenvalue weighted by molar-refractivity contribution is 0.309. The van der Waals surface area contributed by atoms with E-state index in [9.17, 15) is 8.42 Å². The van der Waals surface area contributed by atoms with E-state index >= 15 is 0 Å². The number of hydrogen-bond acceptors (Lipinski definition) is 5. The second-order valence-electron chi connectivity index (χ2n) is 6.46. The van der Waals surface area contributed by atoms with Gasteiger partial charge in [-0.05, 0) is 36.5 Å². The van der Waals surface area contributed by atoms with Crippen LogP contribution in [0.15, 0.2) is 35.8 Å². The van der Waals surface area contributed by atoms with E-state index in [2.05, 4.69) is 27.4 Å². The minimum atomic E-state index is -3.27. The average molecular weight is 349 g/mol. The first-order chi connectivity index (χ1) is 11.0. The summed E-state index contributed by atoms with van der Waals surface area (Å²) in [5, 5.41) is 2.10. The number of fused-ring (bicyclic) bond motifs is 2. The Kier molecular flexibility index (Phi) is 3.48. The minimum Gasteiger partial charge on any atom is -0.297 e. The van der Waals surface area contributed by atoms with Crippen molar-refractivity contribution in [2.45, 2.75) is 18.4 Å². The van der Waals surface area contributed by atoms with Crippen molar-refractivity contribution in [3.8, 4) is 0 Å². The fraction of sp³-hybridized carbons (Fsp3) is 0.438. The van der Waals surface area contributed by atoms with Gasteiger partial charge in [-0.25, -0.2) is 8.42 Å². The van der Waals surface area contributed by atoms with Crippen molar-refractivity contribution in [3.63, 3.8) is 0 Å². The predicted molar refractivity (Wildman–Crippen MR) is 92.3 cm³/mol. The molecule has 0 radical (unpaired) electrons. The van der Waals surface area contributed by atoms with Crippen molar-refractivity contribution in [2.24, 2.45) is 0 Å². The molecule has 2 aromatic heterocycles. The minimum absolute atomic E-state index is 0.170. The molecule has 1 spiro atoms. The maximum absolute atomic E-state index is 12.2. The van der Waals surface area contributed by atoms with Gasteiger partial charge in [0.2, 0.25) is 10.0 Å². The Morgan fingerprint density at radius 2 is 2.17 bits per heavy atom. The summed E-state index contributed by atoms with van der Waals surface area (Å²) in [5.41, 5.74) is 1.53. The summed E-state index contributed by atoms with van der Waals surface area (Å²) in [6.07, 6.45) is 4.00. The highest BCUT2D eigenvalue weighted by Gasteiger charge is 2.50. The summed E-state index contributed by atoms with van der Waals surface area (Å²) < 4.78 is 25.9. The number of nitrogens with zero attached hydrogens (tertiary/aromatic N) is 3. The van der Waals surface area contributed by atoms with E-state index in [-0.39, 0.29) is 5.41 Å². The Hall–Kier alpha value is -1.44. The maximum Gasteiger partial charge on any atom is 0.232 e. The third-order valence-electron chi connectivity index (χ3n) is 4.80. The lowest BCUT2D eigenvalue weighted by atomic mass is 9.85. The van der Waals surface area contributed by atoms with E-state index in [0.717, 1.165) is 37.4 Å². The van der Waals surface area contributed by atoms with Gasteiger partial charge >= 0.3 is 0 Å². The van der Waals surface area contributed by atoms with Crippen LogP contribution in [0.2, 0.25) is 0 Å². The van der Waals surface area contributed by atoms with Crippen LogP contribution in [0.5, 0.6) is 0 Å². The number of aromatic nitrogens is 1. The molecule has 23 heavy (non-hydrogen) atoms. The number of likely N-dealkylation sites (tertiary alicyclic amines) is 1. The SMILES string of the molecule is CS(=O)(=O)N1C[C@@]2(CCN(Cc3cccs3)C2)c2ncccc21. The number of anilines is 1. The molecule has 4 rings (SSSR count). The number of thiophene rings is 1. The van der Waals surface area contributed by atoms with E-state index in [1.807, 2.05) is 12.1 Å². The molecule has 2 aliphatic heterocycles. The summed E-state index contributed by atoms with van der Waals surface area (Å²) in [7, 11) is -3.27. The van der Waals surface area contributed by atoms with Gasteiger partial charge in [-0.1, -0.05) is 6.07 Å². The Morgan fingerprint density at radius 1 is 1.30 bits per heavy atom. The largest absolute Gasteiger partial charge is 0.297 e. The monoisotopic (exact) mass is 349 g/mol. The Labute approximate surface area is 140 Å². The first-order valence-corrected chi connectivity index (χ1v) is 10.4. The molecule has 0 aliphatic carbocycles. The predicted octanol–water partition coefficient (Wildman–Crippen LogP) is 2.07. The van der Waals surface area contributed by atoms with E-state index in [4.69, 9.17) is 0 Å². The summed E-state index contributed by atoms with van der Waals surface area (Å²) in [6.45, 7) is 3.28. The Bertz CT molecular complexity index is 820. The first-order valence-electron chi connectivity index (χ1n) is 7.66. The number of rotatable bonds is 3. The highest BCUT2D eigenvalue weighted by molar-refractivity contribution is 7.92. The zero-order valence-corrected chi connectivity index (χ0v) is 14.6. The van der Waals surface area contributed by atoms with Crippen molar-refractivity contribution >= 4 is 27.0 Å². The molecule has 0 unspecified atom stereocenters. The average Bonchev–Trinajstić information content (AvgIpc) is 3.21. The summed E-state index contributed by atoms with van der Waals surface area (Å²) in [4.78, 5) is 8.32. The molecule has 0 amide bonds. The van der Waals surface area contributed by atoms with Crippen LogP contribution in [0.25, 0.3) is 0 Å². The smallest absolute Gasteiger partial charge is 0.232 e. The third-order valence-corrected chi connectivity index (χ3v) is 6.78. The van der Waals surface area contributed by atoms with Gasteiger partial charge in [-0.2, -0.15) is 0 Å². The van der Waals surface area contributed by atoms with Crippen molar-refractivity contribution in [2.75, 3.05) is 30.2 Å². The molecule has 2 aromatic rings. The van der Waals surface area contributed by atoms with E-state index in [0.29, 0.717) is 6.54 Å². The van der Waals surface area contributed by atoms with Crippen LogP contribution >= 0.6 is 11.3 Å². The fourth-order valence-electron chi connectivity index (χ4n) is 3.78. The highest BCUT2D eigenvalue weighted by atomic mass is 32.2. The van der Waals surface area contributed by atoms with E-state index in [1.54, 1.807) is 17.5 Å². The summed E-state index contributed by atoms with van der Waals surface area (Å²) in [5.74, 6) is 0. The zero-order valence-electron chi connectivity index (χ0n) is 13.0. The van der Waals surface area contributed by atoms with Gasteiger partial charge in [-0.15, -0.1) is 11.3 Å². The molecule has 5 nitrogen and oxygen atoms in total. The lowest BCUT2D eigenvalue weighted by Crippen LogP contribution is -2.38. The molecule has 1 atom stereocenters. The molecule has 1 fully saturated rings. The van der Waals surface area contributed by atoms with E-state index in [1.165, 1.54) is 15.4 Å². The molecule has 0 saturated carbocycles. The Morgan fingerprint density at radius 3 is 2.91 bits per heavy atom. The molecule has 7 heteroatoms. The van der Waals surface area contributed by atoms with Gasteiger partial charge < -0.3 is 0 Å². The summed E-state index contributed by atoms with van der Waals surface area (Å²) >= 11 is 1.77. The van der Waals surface area contributed by atoms with Gasteiger partial charge in [-0.3, -0.25) is 14.2 Å². The quantitative estimate of drug-likeness (QED) is 0.851. The van der Waals surface area contributed by atoms with Crippen LogP contribution < -0.4 is 4.31 Å². The number of hydrogen-bond donors (Lipinski definition) is 0. The van der Waals surface area contributed by atoms with Crippen molar-refractivity contribution in [1.82, 2.24) is 9.88 Å². The molecule has 0 bridgehead atoms. The van der Waals surface area contributed by atoms with Gasteiger partial charge in [0.05, 0.1) is 17.6 Å². The van der Waals surface area contributed by atoms with Crippen LogP contribution in [0.4, 0.5) is 5.69 Å².